The molecule has 4 heteroatoms. The molecule has 0 unspecified atom stereocenters. The van der Waals surface area contributed by atoms with Gasteiger partial charge in [0.2, 0.25) is 0 Å². The predicted molar refractivity (Wildman–Crippen MR) is 152 cm³/mol. The fourth-order valence-corrected chi connectivity index (χ4v) is 5.81. The molecule has 37 heavy (non-hydrogen) atoms. The molecule has 0 amide bonds. The Balaban J connectivity index is 1.14. The van der Waals surface area contributed by atoms with Crippen LogP contribution in [0.4, 0.5) is 0 Å². The van der Waals surface area contributed by atoms with Crippen LogP contribution in [-0.4, -0.2) is 41.2 Å². The molecule has 188 valence electrons. The van der Waals surface area contributed by atoms with E-state index in [9.17, 15) is 0 Å². The van der Waals surface area contributed by atoms with Gasteiger partial charge in [0.15, 0.2) is 0 Å². The van der Waals surface area contributed by atoms with Crippen LogP contribution < -0.4 is 4.74 Å². The Kier molecular flexibility index (Phi) is 6.92. The molecule has 0 atom stereocenters. The lowest BCUT2D eigenvalue weighted by Crippen LogP contribution is -2.36. The van der Waals surface area contributed by atoms with Crippen molar-refractivity contribution in [2.75, 3.05) is 26.7 Å². The Labute approximate surface area is 219 Å². The molecule has 0 saturated carbocycles. The summed E-state index contributed by atoms with van der Waals surface area (Å²) in [5.74, 6) is 2.84. The lowest BCUT2D eigenvalue weighted by molar-refractivity contribution is 0.184. The summed E-state index contributed by atoms with van der Waals surface area (Å²) in [5.41, 5.74) is 5.08. The first-order valence-electron chi connectivity index (χ1n) is 13.5. The van der Waals surface area contributed by atoms with E-state index in [1.165, 1.54) is 59.2 Å². The van der Waals surface area contributed by atoms with Crippen molar-refractivity contribution in [1.29, 1.82) is 0 Å². The minimum atomic E-state index is 0.681. The average molecular weight is 490 g/mol. The van der Waals surface area contributed by atoms with Crippen molar-refractivity contribution in [3.05, 3.63) is 108 Å². The van der Waals surface area contributed by atoms with Crippen molar-refractivity contribution in [2.45, 2.75) is 32.2 Å². The highest BCUT2D eigenvalue weighted by Crippen LogP contribution is 2.27. The van der Waals surface area contributed by atoms with Crippen LogP contribution in [0.1, 0.15) is 29.8 Å². The Morgan fingerprint density at radius 1 is 0.838 bits per heavy atom. The summed E-state index contributed by atoms with van der Waals surface area (Å²) in [6.07, 6.45) is 4.61. The van der Waals surface area contributed by atoms with Gasteiger partial charge in [-0.2, -0.15) is 0 Å². The summed E-state index contributed by atoms with van der Waals surface area (Å²) in [6.45, 7) is 4.32. The van der Waals surface area contributed by atoms with Crippen molar-refractivity contribution < 1.29 is 4.74 Å². The highest BCUT2D eigenvalue weighted by Gasteiger charge is 2.22. The van der Waals surface area contributed by atoms with Crippen molar-refractivity contribution in [3.63, 3.8) is 0 Å². The third-order valence-corrected chi connectivity index (χ3v) is 8.00. The van der Waals surface area contributed by atoms with Crippen molar-refractivity contribution in [1.82, 2.24) is 14.5 Å². The van der Waals surface area contributed by atoms with Gasteiger partial charge in [0.25, 0.3) is 0 Å². The fraction of sp³-hybridized carbons (Fsp3) is 0.303. The number of fused-ring (bicyclic) bond motifs is 2. The van der Waals surface area contributed by atoms with Gasteiger partial charge in [-0.3, -0.25) is 0 Å². The van der Waals surface area contributed by atoms with Gasteiger partial charge in [-0.05, 0) is 84.4 Å². The molecule has 1 aromatic heterocycles. The van der Waals surface area contributed by atoms with Gasteiger partial charge in [-0.1, -0.05) is 66.7 Å². The molecular weight excluding hydrogens is 454 g/mol. The zero-order valence-corrected chi connectivity index (χ0v) is 21.6. The number of aromatic nitrogens is 2. The third kappa shape index (κ3) is 5.26. The topological polar surface area (TPSA) is 30.3 Å². The maximum atomic E-state index is 5.29. The van der Waals surface area contributed by atoms with Gasteiger partial charge in [0, 0.05) is 19.5 Å². The number of methoxy groups -OCH3 is 1. The number of hydrogen-bond acceptors (Lipinski definition) is 3. The second-order valence-electron chi connectivity index (χ2n) is 10.3. The van der Waals surface area contributed by atoms with E-state index < -0.39 is 0 Å². The smallest absolute Gasteiger partial charge is 0.118 e. The van der Waals surface area contributed by atoms with Gasteiger partial charge in [0.05, 0.1) is 18.1 Å². The van der Waals surface area contributed by atoms with Crippen LogP contribution in [0.15, 0.2) is 91.0 Å². The normalized spacial score (nSPS) is 14.9. The van der Waals surface area contributed by atoms with Crippen LogP contribution in [0.2, 0.25) is 0 Å². The molecular formula is C33H35N3O. The molecule has 1 aliphatic heterocycles. The molecule has 0 N–H and O–H groups in total. The van der Waals surface area contributed by atoms with Crippen LogP contribution in [0, 0.1) is 5.92 Å². The van der Waals surface area contributed by atoms with Crippen molar-refractivity contribution in [2.24, 2.45) is 5.92 Å². The standard InChI is InChI=1S/C33H35N3O/c1-37-29-15-13-25(14-16-29)17-20-35-21-18-26(19-22-35)23-33-34-31-11-4-5-12-32(31)36(33)24-28-9-6-8-27-7-2-3-10-30(27)28/h2-16,26H,17-24H2,1H3. The largest absolute Gasteiger partial charge is 0.497 e. The number of likely N-dealkylation sites (tertiary alicyclic amines) is 1. The highest BCUT2D eigenvalue weighted by molar-refractivity contribution is 5.86. The molecule has 6 rings (SSSR count). The van der Waals surface area contributed by atoms with Gasteiger partial charge in [-0.15, -0.1) is 0 Å². The Hall–Kier alpha value is -3.63. The number of nitrogens with zero attached hydrogens (tertiary/aromatic N) is 3. The van der Waals surface area contributed by atoms with Crippen LogP contribution in [-0.2, 0) is 19.4 Å². The monoisotopic (exact) mass is 489 g/mol. The van der Waals surface area contributed by atoms with E-state index in [-0.39, 0.29) is 0 Å². The second-order valence-corrected chi connectivity index (χ2v) is 10.3. The van der Waals surface area contributed by atoms with Gasteiger partial charge in [-0.25, -0.2) is 4.98 Å². The van der Waals surface area contributed by atoms with Crippen molar-refractivity contribution >= 4 is 21.8 Å². The summed E-state index contributed by atoms with van der Waals surface area (Å²) in [7, 11) is 1.72. The fourth-order valence-electron chi connectivity index (χ4n) is 5.81. The quantitative estimate of drug-likeness (QED) is 0.242. The highest BCUT2D eigenvalue weighted by atomic mass is 16.5. The number of ether oxygens (including phenoxy) is 1. The Morgan fingerprint density at radius 3 is 2.43 bits per heavy atom. The van der Waals surface area contributed by atoms with E-state index in [4.69, 9.17) is 9.72 Å². The van der Waals surface area contributed by atoms with Gasteiger partial charge < -0.3 is 14.2 Å². The molecule has 0 bridgehead atoms. The molecule has 0 spiro atoms. The first-order chi connectivity index (χ1) is 18.3. The molecule has 4 aromatic carbocycles. The number of para-hydroxylation sites is 2. The molecule has 2 heterocycles. The third-order valence-electron chi connectivity index (χ3n) is 8.00. The molecule has 1 saturated heterocycles. The van der Waals surface area contributed by atoms with Gasteiger partial charge >= 0.3 is 0 Å². The second kappa shape index (κ2) is 10.8. The summed E-state index contributed by atoms with van der Waals surface area (Å²) in [6, 6.07) is 32.5. The van der Waals surface area contributed by atoms with E-state index in [0.29, 0.717) is 5.92 Å². The number of benzene rings is 4. The summed E-state index contributed by atoms with van der Waals surface area (Å²) in [5, 5.41) is 2.63. The van der Waals surface area contributed by atoms with E-state index in [1.807, 2.05) is 0 Å². The predicted octanol–water partition coefficient (Wildman–Crippen LogP) is 6.74. The maximum absolute atomic E-state index is 5.29. The van der Waals surface area contributed by atoms with E-state index in [2.05, 4.69) is 100 Å². The maximum Gasteiger partial charge on any atom is 0.118 e. The Bertz CT molecular complexity index is 1470. The minimum absolute atomic E-state index is 0.681. The van der Waals surface area contributed by atoms with Crippen LogP contribution in [0.3, 0.4) is 0 Å². The van der Waals surface area contributed by atoms with Crippen LogP contribution >= 0.6 is 0 Å². The van der Waals surface area contributed by atoms with E-state index in [1.54, 1.807) is 7.11 Å². The number of hydrogen-bond donors (Lipinski definition) is 0. The Morgan fingerprint density at radius 2 is 1.59 bits per heavy atom. The summed E-state index contributed by atoms with van der Waals surface area (Å²) < 4.78 is 7.75. The summed E-state index contributed by atoms with van der Waals surface area (Å²) in [4.78, 5) is 7.76. The average Bonchev–Trinajstić information content (AvgIpc) is 3.29. The molecule has 0 aliphatic carbocycles. The molecule has 1 aliphatic rings. The van der Waals surface area contributed by atoms with Crippen LogP contribution in [0.25, 0.3) is 21.8 Å². The minimum Gasteiger partial charge on any atom is -0.497 e. The first kappa shape index (κ1) is 23.7. The van der Waals surface area contributed by atoms with E-state index in [0.717, 1.165) is 37.2 Å². The van der Waals surface area contributed by atoms with Crippen LogP contribution in [0.5, 0.6) is 5.75 Å². The zero-order valence-electron chi connectivity index (χ0n) is 21.6. The van der Waals surface area contributed by atoms with Crippen molar-refractivity contribution in [3.8, 4) is 5.75 Å². The molecule has 4 nitrogen and oxygen atoms in total. The zero-order chi connectivity index (χ0) is 25.0. The SMILES string of the molecule is COc1ccc(CCN2CCC(Cc3nc4ccccc4n3Cc3cccc4ccccc34)CC2)cc1. The van der Waals surface area contributed by atoms with Gasteiger partial charge in [0.1, 0.15) is 11.6 Å². The lowest BCUT2D eigenvalue weighted by Gasteiger charge is -2.32. The molecule has 1 fully saturated rings. The first-order valence-corrected chi connectivity index (χ1v) is 13.5. The molecule has 0 radical (unpaired) electrons. The molecule has 5 aromatic rings. The number of rotatable bonds is 8. The number of piperidine rings is 1. The lowest BCUT2D eigenvalue weighted by atomic mass is 9.93. The number of imidazole rings is 1. The van der Waals surface area contributed by atoms with E-state index >= 15 is 0 Å². The summed E-state index contributed by atoms with van der Waals surface area (Å²) >= 11 is 0.